The molecule has 7 heteroatoms. The van der Waals surface area contributed by atoms with Gasteiger partial charge in [-0.1, -0.05) is 32.9 Å². The van der Waals surface area contributed by atoms with E-state index in [1.54, 1.807) is 18.2 Å². The maximum Gasteiger partial charge on any atom is 0.363 e. The Morgan fingerprint density at radius 2 is 1.83 bits per heavy atom. The van der Waals surface area contributed by atoms with Gasteiger partial charge in [0.05, 0.1) is 11.6 Å². The van der Waals surface area contributed by atoms with E-state index in [0.717, 1.165) is 5.56 Å². The highest BCUT2D eigenvalue weighted by molar-refractivity contribution is 9.10. The van der Waals surface area contributed by atoms with Crippen LogP contribution in [0.25, 0.3) is 6.08 Å². The molecule has 0 amide bonds. The zero-order valence-electron chi connectivity index (χ0n) is 17.4. The molecule has 0 bridgehead atoms. The van der Waals surface area contributed by atoms with Gasteiger partial charge in [-0.2, -0.15) is 0 Å². The first-order valence-corrected chi connectivity index (χ1v) is 10.1. The molecule has 1 aliphatic rings. The number of halogens is 1. The fourth-order valence-electron chi connectivity index (χ4n) is 2.87. The molecule has 1 aliphatic heterocycles. The number of methoxy groups -OCH3 is 1. The van der Waals surface area contributed by atoms with Crippen LogP contribution < -0.4 is 9.47 Å². The molecule has 0 aliphatic carbocycles. The van der Waals surface area contributed by atoms with Crippen molar-refractivity contribution in [2.24, 2.45) is 4.99 Å². The van der Waals surface area contributed by atoms with E-state index in [-0.39, 0.29) is 22.8 Å². The minimum atomic E-state index is -0.538. The molecule has 0 N–H and O–H groups in total. The largest absolute Gasteiger partial charge is 0.493 e. The Bertz CT molecular complexity index is 1060. The van der Waals surface area contributed by atoms with E-state index >= 15 is 0 Å². The van der Waals surface area contributed by atoms with Crippen molar-refractivity contribution in [3.63, 3.8) is 0 Å². The molecule has 2 aromatic carbocycles. The van der Waals surface area contributed by atoms with E-state index in [4.69, 9.17) is 14.2 Å². The van der Waals surface area contributed by atoms with Gasteiger partial charge in [0.25, 0.3) is 0 Å². The maximum absolute atomic E-state index is 12.3. The zero-order chi connectivity index (χ0) is 22.1. The number of carbonyl (C=O) groups is 2. The van der Waals surface area contributed by atoms with Crippen LogP contribution in [-0.2, 0) is 19.7 Å². The number of esters is 2. The smallest absolute Gasteiger partial charge is 0.363 e. The zero-order valence-corrected chi connectivity index (χ0v) is 19.0. The third-order valence-corrected chi connectivity index (χ3v) is 5.01. The van der Waals surface area contributed by atoms with E-state index in [1.807, 2.05) is 24.3 Å². The molecule has 0 unspecified atom stereocenters. The van der Waals surface area contributed by atoms with Gasteiger partial charge in [0.1, 0.15) is 0 Å². The second-order valence-electron chi connectivity index (χ2n) is 7.79. The summed E-state index contributed by atoms with van der Waals surface area (Å²) >= 11 is 3.36. The third kappa shape index (κ3) is 4.79. The van der Waals surface area contributed by atoms with Gasteiger partial charge in [-0.15, -0.1) is 0 Å². The topological polar surface area (TPSA) is 74.2 Å². The lowest BCUT2D eigenvalue weighted by Gasteiger charge is -2.18. The van der Waals surface area contributed by atoms with E-state index < -0.39 is 11.9 Å². The molecule has 30 heavy (non-hydrogen) atoms. The van der Waals surface area contributed by atoms with Gasteiger partial charge >= 0.3 is 11.9 Å². The standard InChI is InChI=1S/C23H22BrNO5/c1-13(26)29-20-17(24)10-14(12-19(20)28-5)11-18-22(27)30-21(25-18)15-6-8-16(9-7-15)23(2,3)4/h6-12H,1-5H3. The van der Waals surface area contributed by atoms with Crippen LogP contribution in [0.15, 0.2) is 51.6 Å². The van der Waals surface area contributed by atoms with Gasteiger partial charge in [0.15, 0.2) is 17.2 Å². The minimum Gasteiger partial charge on any atom is -0.493 e. The van der Waals surface area contributed by atoms with Gasteiger partial charge in [-0.05, 0) is 62.8 Å². The summed E-state index contributed by atoms with van der Waals surface area (Å²) < 4.78 is 16.3. The molecule has 0 saturated heterocycles. The highest BCUT2D eigenvalue weighted by Crippen LogP contribution is 2.37. The molecule has 0 spiro atoms. The third-order valence-electron chi connectivity index (χ3n) is 4.42. The van der Waals surface area contributed by atoms with Crippen LogP contribution in [0.5, 0.6) is 11.5 Å². The van der Waals surface area contributed by atoms with Crippen LogP contribution in [-0.4, -0.2) is 24.9 Å². The highest BCUT2D eigenvalue weighted by atomic mass is 79.9. The Morgan fingerprint density at radius 3 is 2.40 bits per heavy atom. The summed E-state index contributed by atoms with van der Waals surface area (Å²) in [5.74, 6) is -0.131. The molecular formula is C23H22BrNO5. The van der Waals surface area contributed by atoms with Crippen LogP contribution in [0.3, 0.4) is 0 Å². The van der Waals surface area contributed by atoms with Gasteiger partial charge < -0.3 is 14.2 Å². The van der Waals surface area contributed by atoms with E-state index in [1.165, 1.54) is 19.6 Å². The number of carbonyl (C=O) groups excluding carboxylic acids is 2. The molecule has 3 rings (SSSR count). The van der Waals surface area contributed by atoms with Crippen molar-refractivity contribution < 1.29 is 23.8 Å². The van der Waals surface area contributed by atoms with Crippen LogP contribution in [0.1, 0.15) is 44.4 Å². The average Bonchev–Trinajstić information content (AvgIpc) is 3.03. The Morgan fingerprint density at radius 1 is 1.17 bits per heavy atom. The van der Waals surface area contributed by atoms with Crippen molar-refractivity contribution in [1.82, 2.24) is 0 Å². The minimum absolute atomic E-state index is 0.0302. The molecular weight excluding hydrogens is 450 g/mol. The van der Waals surface area contributed by atoms with E-state index in [2.05, 4.69) is 41.7 Å². The first kappa shape index (κ1) is 21.8. The number of hydrogen-bond donors (Lipinski definition) is 0. The molecule has 0 fully saturated rings. The lowest BCUT2D eigenvalue weighted by atomic mass is 9.87. The Balaban J connectivity index is 1.92. The SMILES string of the molecule is COc1cc(C=C2N=C(c3ccc(C(C)(C)C)cc3)OC2=O)cc(Br)c1OC(C)=O. The van der Waals surface area contributed by atoms with Gasteiger partial charge in [-0.25, -0.2) is 9.79 Å². The van der Waals surface area contributed by atoms with Gasteiger partial charge in [-0.3, -0.25) is 4.79 Å². The lowest BCUT2D eigenvalue weighted by molar-refractivity contribution is -0.132. The molecule has 0 radical (unpaired) electrons. The maximum atomic E-state index is 12.3. The summed E-state index contributed by atoms with van der Waals surface area (Å²) in [6, 6.07) is 11.1. The van der Waals surface area contributed by atoms with Crippen LogP contribution >= 0.6 is 15.9 Å². The summed E-state index contributed by atoms with van der Waals surface area (Å²) in [6.45, 7) is 7.71. The predicted molar refractivity (Wildman–Crippen MR) is 118 cm³/mol. The molecule has 0 atom stereocenters. The Hall–Kier alpha value is -2.93. The van der Waals surface area contributed by atoms with Crippen molar-refractivity contribution in [3.8, 4) is 11.5 Å². The Labute approximate surface area is 183 Å². The fourth-order valence-corrected chi connectivity index (χ4v) is 3.41. The number of nitrogens with zero attached hydrogens (tertiary/aromatic N) is 1. The first-order chi connectivity index (χ1) is 14.1. The Kier molecular flexibility index (Phi) is 6.12. The number of aliphatic imine (C=N–C) groups is 1. The number of benzene rings is 2. The second-order valence-corrected chi connectivity index (χ2v) is 8.65. The van der Waals surface area contributed by atoms with Gasteiger partial charge in [0.2, 0.25) is 5.90 Å². The number of hydrogen-bond acceptors (Lipinski definition) is 6. The molecule has 156 valence electrons. The monoisotopic (exact) mass is 471 g/mol. The van der Waals surface area contributed by atoms with Crippen molar-refractivity contribution >= 4 is 39.8 Å². The summed E-state index contributed by atoms with van der Waals surface area (Å²) in [5.41, 5.74) is 2.73. The van der Waals surface area contributed by atoms with Crippen LogP contribution in [0, 0.1) is 0 Å². The number of cyclic esters (lactones) is 1. The fraction of sp³-hybridized carbons (Fsp3) is 0.261. The highest BCUT2D eigenvalue weighted by Gasteiger charge is 2.25. The molecule has 2 aromatic rings. The van der Waals surface area contributed by atoms with Crippen molar-refractivity contribution in [2.45, 2.75) is 33.1 Å². The quantitative estimate of drug-likeness (QED) is 0.355. The average molecular weight is 472 g/mol. The normalized spacial score (nSPS) is 15.1. The number of ether oxygens (including phenoxy) is 3. The van der Waals surface area contributed by atoms with Crippen LogP contribution in [0.4, 0.5) is 0 Å². The van der Waals surface area contributed by atoms with Crippen molar-refractivity contribution in [3.05, 3.63) is 63.3 Å². The van der Waals surface area contributed by atoms with Crippen molar-refractivity contribution in [2.75, 3.05) is 7.11 Å². The molecule has 6 nitrogen and oxygen atoms in total. The summed E-state index contributed by atoms with van der Waals surface area (Å²) in [5, 5.41) is 0. The van der Waals surface area contributed by atoms with E-state index in [9.17, 15) is 9.59 Å². The number of rotatable bonds is 4. The summed E-state index contributed by atoms with van der Waals surface area (Å²) in [6.07, 6.45) is 1.59. The van der Waals surface area contributed by atoms with Crippen molar-refractivity contribution in [1.29, 1.82) is 0 Å². The van der Waals surface area contributed by atoms with E-state index in [0.29, 0.717) is 15.8 Å². The second kappa shape index (κ2) is 8.44. The van der Waals surface area contributed by atoms with Crippen LogP contribution in [0.2, 0.25) is 0 Å². The lowest BCUT2D eigenvalue weighted by Crippen LogP contribution is -2.11. The summed E-state index contributed by atoms with van der Waals surface area (Å²) in [7, 11) is 1.47. The predicted octanol–water partition coefficient (Wildman–Crippen LogP) is 5.03. The first-order valence-electron chi connectivity index (χ1n) is 9.28. The van der Waals surface area contributed by atoms with Gasteiger partial charge in [0, 0.05) is 12.5 Å². The molecule has 0 aromatic heterocycles. The molecule has 0 saturated carbocycles. The summed E-state index contributed by atoms with van der Waals surface area (Å²) in [4.78, 5) is 28.0. The molecule has 1 heterocycles.